The highest BCUT2D eigenvalue weighted by Gasteiger charge is 2.15. The second-order valence-electron chi connectivity index (χ2n) is 6.03. The molecule has 1 N–H and O–H groups in total. The standard InChI is InChI=1S/C18H21FN6O2/c1-23-9-8-20-17(23)14-12-16(25(3)22-14)21-18(26)24(2)10-11-27-15-7-5-4-6-13(15)19/h4-9,12H,10-11H2,1-3H3,(H,21,26). The van der Waals surface area contributed by atoms with Gasteiger partial charge in [0.05, 0.1) is 6.54 Å². The third kappa shape index (κ3) is 4.25. The minimum atomic E-state index is -0.429. The SMILES string of the molecule is CN(CCOc1ccccc1F)C(=O)Nc1cc(-c2nccn2C)nn1C. The lowest BCUT2D eigenvalue weighted by atomic mass is 10.3. The zero-order chi connectivity index (χ0) is 19.4. The van der Waals surface area contributed by atoms with Crippen molar-refractivity contribution < 1.29 is 13.9 Å². The van der Waals surface area contributed by atoms with Crippen LogP contribution in [0.4, 0.5) is 15.0 Å². The first kappa shape index (κ1) is 18.4. The molecular formula is C18H21FN6O2. The molecule has 3 aromatic rings. The number of rotatable bonds is 6. The van der Waals surface area contributed by atoms with Crippen molar-refractivity contribution in [1.82, 2.24) is 24.2 Å². The normalized spacial score (nSPS) is 10.7. The van der Waals surface area contributed by atoms with Crippen LogP contribution in [0.15, 0.2) is 42.7 Å². The highest BCUT2D eigenvalue weighted by molar-refractivity contribution is 5.88. The third-order valence-corrected chi connectivity index (χ3v) is 4.03. The average molecular weight is 372 g/mol. The second-order valence-corrected chi connectivity index (χ2v) is 6.03. The molecule has 2 heterocycles. The summed E-state index contributed by atoms with van der Waals surface area (Å²) in [5.41, 5.74) is 0.658. The van der Waals surface area contributed by atoms with Gasteiger partial charge in [0.1, 0.15) is 18.1 Å². The summed E-state index contributed by atoms with van der Waals surface area (Å²) in [7, 11) is 5.25. The van der Waals surface area contributed by atoms with E-state index in [0.29, 0.717) is 23.9 Å². The van der Waals surface area contributed by atoms with Gasteiger partial charge in [-0.05, 0) is 12.1 Å². The maximum absolute atomic E-state index is 13.5. The monoisotopic (exact) mass is 372 g/mol. The molecule has 8 nitrogen and oxygen atoms in total. The van der Waals surface area contributed by atoms with Gasteiger partial charge in [0, 0.05) is 39.6 Å². The van der Waals surface area contributed by atoms with Crippen LogP contribution in [0.3, 0.4) is 0 Å². The summed E-state index contributed by atoms with van der Waals surface area (Å²) in [6.07, 6.45) is 3.51. The highest BCUT2D eigenvalue weighted by Crippen LogP contribution is 2.19. The molecule has 0 aliphatic rings. The van der Waals surface area contributed by atoms with Gasteiger partial charge in [-0.25, -0.2) is 14.2 Å². The molecule has 0 bridgehead atoms. The lowest BCUT2D eigenvalue weighted by Gasteiger charge is -2.18. The number of benzene rings is 1. The minimum absolute atomic E-state index is 0.164. The van der Waals surface area contributed by atoms with Crippen LogP contribution in [0.1, 0.15) is 0 Å². The molecule has 0 radical (unpaired) electrons. The molecule has 0 atom stereocenters. The van der Waals surface area contributed by atoms with E-state index >= 15 is 0 Å². The zero-order valence-corrected chi connectivity index (χ0v) is 15.4. The van der Waals surface area contributed by atoms with E-state index in [4.69, 9.17) is 4.74 Å². The number of nitrogens with zero attached hydrogens (tertiary/aromatic N) is 5. The fourth-order valence-electron chi connectivity index (χ4n) is 2.47. The van der Waals surface area contributed by atoms with E-state index in [9.17, 15) is 9.18 Å². The molecular weight excluding hydrogens is 351 g/mol. The molecule has 0 saturated carbocycles. The summed E-state index contributed by atoms with van der Waals surface area (Å²) in [6.45, 7) is 0.471. The van der Waals surface area contributed by atoms with E-state index in [0.717, 1.165) is 0 Å². The molecule has 1 aromatic carbocycles. The number of likely N-dealkylation sites (N-methyl/N-ethyl adjacent to an activating group) is 1. The number of hydrogen-bond donors (Lipinski definition) is 1. The zero-order valence-electron chi connectivity index (χ0n) is 15.4. The summed E-state index contributed by atoms with van der Waals surface area (Å²) >= 11 is 0. The number of halogens is 1. The molecule has 0 fully saturated rings. The van der Waals surface area contributed by atoms with E-state index in [2.05, 4.69) is 15.4 Å². The van der Waals surface area contributed by atoms with Crippen molar-refractivity contribution >= 4 is 11.8 Å². The van der Waals surface area contributed by atoms with Gasteiger partial charge in [0.2, 0.25) is 0 Å². The number of anilines is 1. The fourth-order valence-corrected chi connectivity index (χ4v) is 2.47. The van der Waals surface area contributed by atoms with Crippen molar-refractivity contribution in [3.8, 4) is 17.3 Å². The first-order valence-corrected chi connectivity index (χ1v) is 8.37. The highest BCUT2D eigenvalue weighted by atomic mass is 19.1. The molecule has 0 aliphatic carbocycles. The Morgan fingerprint density at radius 1 is 1.33 bits per heavy atom. The Kier molecular flexibility index (Phi) is 5.39. The van der Waals surface area contributed by atoms with Crippen LogP contribution in [-0.4, -0.2) is 50.5 Å². The summed E-state index contributed by atoms with van der Waals surface area (Å²) in [4.78, 5) is 18.1. The number of ether oxygens (including phenoxy) is 1. The molecule has 27 heavy (non-hydrogen) atoms. The summed E-state index contributed by atoms with van der Waals surface area (Å²) in [6, 6.07) is 7.59. The van der Waals surface area contributed by atoms with Gasteiger partial charge in [0.15, 0.2) is 17.4 Å². The van der Waals surface area contributed by atoms with Crippen molar-refractivity contribution in [2.75, 3.05) is 25.5 Å². The van der Waals surface area contributed by atoms with Gasteiger partial charge in [-0.2, -0.15) is 5.10 Å². The van der Waals surface area contributed by atoms with Crippen LogP contribution in [0.25, 0.3) is 11.5 Å². The minimum Gasteiger partial charge on any atom is -0.489 e. The number of carbonyl (C=O) groups is 1. The summed E-state index contributed by atoms with van der Waals surface area (Å²) < 4.78 is 22.3. The number of hydrogen-bond acceptors (Lipinski definition) is 4. The van der Waals surface area contributed by atoms with E-state index in [1.165, 1.54) is 11.0 Å². The largest absolute Gasteiger partial charge is 0.489 e. The van der Waals surface area contributed by atoms with Gasteiger partial charge in [0.25, 0.3) is 0 Å². The Labute approximate surface area is 156 Å². The van der Waals surface area contributed by atoms with Crippen molar-refractivity contribution in [3.63, 3.8) is 0 Å². The van der Waals surface area contributed by atoms with Crippen LogP contribution in [0.5, 0.6) is 5.75 Å². The van der Waals surface area contributed by atoms with Gasteiger partial charge < -0.3 is 14.2 Å². The van der Waals surface area contributed by atoms with Gasteiger partial charge in [-0.15, -0.1) is 0 Å². The van der Waals surface area contributed by atoms with Crippen molar-refractivity contribution in [2.24, 2.45) is 14.1 Å². The molecule has 3 rings (SSSR count). The molecule has 0 saturated heterocycles. The Hall–Kier alpha value is -3.36. The Bertz CT molecular complexity index is 936. The number of para-hydroxylation sites is 1. The topological polar surface area (TPSA) is 77.2 Å². The Balaban J connectivity index is 1.56. The van der Waals surface area contributed by atoms with Crippen LogP contribution < -0.4 is 10.1 Å². The molecule has 142 valence electrons. The summed E-state index contributed by atoms with van der Waals surface area (Å²) in [5, 5.41) is 7.16. The number of imidazole rings is 1. The van der Waals surface area contributed by atoms with E-state index in [1.54, 1.807) is 49.2 Å². The molecule has 0 unspecified atom stereocenters. The molecule has 2 aromatic heterocycles. The van der Waals surface area contributed by atoms with E-state index in [1.807, 2.05) is 17.8 Å². The fraction of sp³-hybridized carbons (Fsp3) is 0.278. The Morgan fingerprint density at radius 3 is 2.81 bits per heavy atom. The average Bonchev–Trinajstić information content (AvgIpc) is 3.22. The van der Waals surface area contributed by atoms with E-state index in [-0.39, 0.29) is 18.4 Å². The summed E-state index contributed by atoms with van der Waals surface area (Å²) in [5.74, 6) is 0.983. The number of amides is 2. The predicted molar refractivity (Wildman–Crippen MR) is 99.0 cm³/mol. The smallest absolute Gasteiger partial charge is 0.322 e. The van der Waals surface area contributed by atoms with Crippen LogP contribution in [0.2, 0.25) is 0 Å². The maximum Gasteiger partial charge on any atom is 0.322 e. The number of urea groups is 1. The molecule has 0 aliphatic heterocycles. The number of aromatic nitrogens is 4. The number of aryl methyl sites for hydroxylation is 2. The predicted octanol–water partition coefficient (Wildman–Crippen LogP) is 2.50. The second kappa shape index (κ2) is 7.90. The molecule has 9 heteroatoms. The van der Waals surface area contributed by atoms with Crippen molar-refractivity contribution in [2.45, 2.75) is 0 Å². The molecule has 2 amide bonds. The lowest BCUT2D eigenvalue weighted by Crippen LogP contribution is -2.35. The van der Waals surface area contributed by atoms with Crippen molar-refractivity contribution in [3.05, 3.63) is 48.5 Å². The van der Waals surface area contributed by atoms with Crippen LogP contribution >= 0.6 is 0 Å². The first-order valence-electron chi connectivity index (χ1n) is 8.37. The first-order chi connectivity index (χ1) is 13.0. The lowest BCUT2D eigenvalue weighted by molar-refractivity contribution is 0.206. The van der Waals surface area contributed by atoms with Gasteiger partial charge >= 0.3 is 6.03 Å². The Morgan fingerprint density at radius 2 is 2.11 bits per heavy atom. The van der Waals surface area contributed by atoms with Crippen molar-refractivity contribution in [1.29, 1.82) is 0 Å². The molecule has 0 spiro atoms. The van der Waals surface area contributed by atoms with Crippen LogP contribution in [0, 0.1) is 5.82 Å². The number of nitrogens with one attached hydrogen (secondary N) is 1. The number of carbonyl (C=O) groups excluding carboxylic acids is 1. The maximum atomic E-state index is 13.5. The third-order valence-electron chi connectivity index (χ3n) is 4.03. The quantitative estimate of drug-likeness (QED) is 0.721. The van der Waals surface area contributed by atoms with Crippen LogP contribution in [-0.2, 0) is 14.1 Å². The van der Waals surface area contributed by atoms with Gasteiger partial charge in [-0.1, -0.05) is 12.1 Å². The van der Waals surface area contributed by atoms with E-state index < -0.39 is 5.82 Å². The van der Waals surface area contributed by atoms with Gasteiger partial charge in [-0.3, -0.25) is 10.00 Å².